The summed E-state index contributed by atoms with van der Waals surface area (Å²) in [4.78, 5) is 0. The lowest BCUT2D eigenvalue weighted by Crippen LogP contribution is -2.38. The molecule has 2 nitrogen and oxygen atoms in total. The van der Waals surface area contributed by atoms with E-state index in [9.17, 15) is 0 Å². The molecule has 3 fully saturated rings. The quantitative estimate of drug-likeness (QED) is 0.905. The van der Waals surface area contributed by atoms with Crippen LogP contribution in [0.5, 0.6) is 0 Å². The molecule has 3 saturated carbocycles. The molecule has 1 aromatic carbocycles. The molecule has 0 amide bonds. The molecule has 2 aromatic rings. The highest BCUT2D eigenvalue weighted by Crippen LogP contribution is 2.58. The molecular formula is C19H23NO. The maximum absolute atomic E-state index is 5.93. The summed E-state index contributed by atoms with van der Waals surface area (Å²) in [5.74, 6) is 5.18. The van der Waals surface area contributed by atoms with Crippen molar-refractivity contribution in [2.45, 2.75) is 44.7 Å². The first-order valence-corrected chi connectivity index (χ1v) is 8.59. The molecule has 5 atom stereocenters. The van der Waals surface area contributed by atoms with Crippen LogP contribution in [-0.2, 0) is 6.54 Å². The van der Waals surface area contributed by atoms with Crippen molar-refractivity contribution in [1.82, 2.24) is 5.32 Å². The molecule has 0 saturated heterocycles. The summed E-state index contributed by atoms with van der Waals surface area (Å²) in [6.07, 6.45) is 7.40. The van der Waals surface area contributed by atoms with Gasteiger partial charge in [0.2, 0.25) is 0 Å². The summed E-state index contributed by atoms with van der Waals surface area (Å²) in [5, 5.41) is 5.03. The van der Waals surface area contributed by atoms with Crippen LogP contribution >= 0.6 is 0 Å². The average Bonchev–Trinajstić information content (AvgIpc) is 3.23. The van der Waals surface area contributed by atoms with Crippen LogP contribution in [0.3, 0.4) is 0 Å². The Bertz CT molecular complexity index is 627. The van der Waals surface area contributed by atoms with Gasteiger partial charge >= 0.3 is 0 Å². The lowest BCUT2D eigenvalue weighted by atomic mass is 9.79. The van der Waals surface area contributed by atoms with E-state index in [-0.39, 0.29) is 0 Å². The maximum atomic E-state index is 5.93. The Balaban J connectivity index is 1.29. The van der Waals surface area contributed by atoms with Crippen molar-refractivity contribution in [2.75, 3.05) is 0 Å². The van der Waals surface area contributed by atoms with E-state index in [1.807, 2.05) is 6.07 Å². The molecule has 0 aliphatic heterocycles. The number of hydrogen-bond acceptors (Lipinski definition) is 2. The standard InChI is InChI=1S/C19H23NO/c1-2-7-19-12(4-1)8-14(21-19)11-20-18-10-13-9-17(18)16-6-3-5-15(13)16/h1-2,4,7-8,13,15-18,20H,3,5-6,9-11H2. The Morgan fingerprint density at radius 1 is 1.05 bits per heavy atom. The van der Waals surface area contributed by atoms with Gasteiger partial charge in [-0.1, -0.05) is 24.6 Å². The summed E-state index contributed by atoms with van der Waals surface area (Å²) in [6, 6.07) is 11.2. The number of para-hydroxylation sites is 1. The monoisotopic (exact) mass is 281 g/mol. The second-order valence-corrected chi connectivity index (χ2v) is 7.39. The van der Waals surface area contributed by atoms with Gasteiger partial charge < -0.3 is 9.73 Å². The number of furan rings is 1. The molecule has 2 bridgehead atoms. The first kappa shape index (κ1) is 12.3. The highest BCUT2D eigenvalue weighted by atomic mass is 16.3. The third-order valence-electron chi connectivity index (χ3n) is 6.44. The zero-order valence-electron chi connectivity index (χ0n) is 12.4. The van der Waals surface area contributed by atoms with Gasteiger partial charge in [-0.2, -0.15) is 0 Å². The van der Waals surface area contributed by atoms with Crippen LogP contribution in [0.4, 0.5) is 0 Å². The van der Waals surface area contributed by atoms with E-state index < -0.39 is 0 Å². The highest BCUT2D eigenvalue weighted by Gasteiger charge is 2.53. The minimum absolute atomic E-state index is 0.738. The number of nitrogens with one attached hydrogen (secondary N) is 1. The third-order valence-corrected chi connectivity index (χ3v) is 6.44. The topological polar surface area (TPSA) is 25.2 Å². The van der Waals surface area contributed by atoms with Gasteiger partial charge in [-0.3, -0.25) is 0 Å². The molecule has 1 aromatic heterocycles. The van der Waals surface area contributed by atoms with Crippen LogP contribution < -0.4 is 5.32 Å². The number of rotatable bonds is 3. The Morgan fingerprint density at radius 2 is 1.95 bits per heavy atom. The summed E-state index contributed by atoms with van der Waals surface area (Å²) in [7, 11) is 0. The minimum atomic E-state index is 0.738. The zero-order valence-corrected chi connectivity index (χ0v) is 12.4. The van der Waals surface area contributed by atoms with Crippen LogP contribution in [0.15, 0.2) is 34.7 Å². The fourth-order valence-corrected chi connectivity index (χ4v) is 5.66. The minimum Gasteiger partial charge on any atom is -0.460 e. The van der Waals surface area contributed by atoms with E-state index in [2.05, 4.69) is 29.6 Å². The van der Waals surface area contributed by atoms with E-state index in [0.717, 1.165) is 47.6 Å². The number of hydrogen-bond donors (Lipinski definition) is 1. The molecule has 2 heteroatoms. The summed E-state index contributed by atoms with van der Waals surface area (Å²) >= 11 is 0. The van der Waals surface area contributed by atoms with Crippen LogP contribution in [-0.4, -0.2) is 6.04 Å². The largest absolute Gasteiger partial charge is 0.460 e. The smallest absolute Gasteiger partial charge is 0.134 e. The van der Waals surface area contributed by atoms with Crippen molar-refractivity contribution in [3.05, 3.63) is 36.1 Å². The lowest BCUT2D eigenvalue weighted by molar-refractivity contribution is 0.206. The molecule has 5 rings (SSSR count). The Kier molecular flexibility index (Phi) is 2.69. The molecule has 0 spiro atoms. The normalized spacial score (nSPS) is 37.4. The maximum Gasteiger partial charge on any atom is 0.134 e. The van der Waals surface area contributed by atoms with E-state index in [1.54, 1.807) is 0 Å². The van der Waals surface area contributed by atoms with Gasteiger partial charge in [0.1, 0.15) is 11.3 Å². The number of benzene rings is 1. The van der Waals surface area contributed by atoms with Crippen molar-refractivity contribution < 1.29 is 4.42 Å². The molecule has 5 unspecified atom stereocenters. The molecule has 3 aliphatic rings. The van der Waals surface area contributed by atoms with Crippen molar-refractivity contribution in [1.29, 1.82) is 0 Å². The fraction of sp³-hybridized carbons (Fsp3) is 0.579. The molecule has 1 heterocycles. The van der Waals surface area contributed by atoms with Crippen LogP contribution in [0.2, 0.25) is 0 Å². The molecule has 1 N–H and O–H groups in total. The second kappa shape index (κ2) is 4.61. The Morgan fingerprint density at radius 3 is 2.90 bits per heavy atom. The van der Waals surface area contributed by atoms with Gasteiger partial charge in [0.25, 0.3) is 0 Å². The first-order valence-electron chi connectivity index (χ1n) is 8.59. The van der Waals surface area contributed by atoms with Gasteiger partial charge in [-0.05, 0) is 61.5 Å². The molecule has 3 aliphatic carbocycles. The Hall–Kier alpha value is -1.28. The van der Waals surface area contributed by atoms with Crippen LogP contribution in [0.1, 0.15) is 37.9 Å². The predicted octanol–water partition coefficient (Wildman–Crippen LogP) is 4.35. The van der Waals surface area contributed by atoms with Crippen molar-refractivity contribution >= 4 is 11.0 Å². The Labute approximate surface area is 125 Å². The van der Waals surface area contributed by atoms with E-state index >= 15 is 0 Å². The van der Waals surface area contributed by atoms with Gasteiger partial charge in [0, 0.05) is 11.4 Å². The predicted molar refractivity (Wildman–Crippen MR) is 83.9 cm³/mol. The second-order valence-electron chi connectivity index (χ2n) is 7.39. The van der Waals surface area contributed by atoms with Gasteiger partial charge in [-0.15, -0.1) is 0 Å². The fourth-order valence-electron chi connectivity index (χ4n) is 5.66. The van der Waals surface area contributed by atoms with Crippen LogP contribution in [0, 0.1) is 23.7 Å². The average molecular weight is 281 g/mol. The molecular weight excluding hydrogens is 258 g/mol. The van der Waals surface area contributed by atoms with Gasteiger partial charge in [0.05, 0.1) is 6.54 Å². The zero-order chi connectivity index (χ0) is 13.8. The molecule has 110 valence electrons. The summed E-state index contributed by atoms with van der Waals surface area (Å²) in [6.45, 7) is 0.889. The first-order chi connectivity index (χ1) is 10.4. The molecule has 0 radical (unpaired) electrons. The van der Waals surface area contributed by atoms with Gasteiger partial charge in [0.15, 0.2) is 0 Å². The van der Waals surface area contributed by atoms with Gasteiger partial charge in [-0.25, -0.2) is 0 Å². The van der Waals surface area contributed by atoms with E-state index in [1.165, 1.54) is 37.5 Å². The summed E-state index contributed by atoms with van der Waals surface area (Å²) in [5.41, 5.74) is 1.01. The summed E-state index contributed by atoms with van der Waals surface area (Å²) < 4.78 is 5.93. The van der Waals surface area contributed by atoms with Crippen molar-refractivity contribution in [2.24, 2.45) is 23.7 Å². The SMILES string of the molecule is c1ccc2oc(CNC3CC4CC3C3CCCC43)cc2c1. The molecule has 21 heavy (non-hydrogen) atoms. The van der Waals surface area contributed by atoms with E-state index in [4.69, 9.17) is 4.42 Å². The van der Waals surface area contributed by atoms with Crippen molar-refractivity contribution in [3.8, 4) is 0 Å². The van der Waals surface area contributed by atoms with E-state index in [0.29, 0.717) is 0 Å². The number of fused-ring (bicyclic) bond motifs is 6. The third kappa shape index (κ3) is 1.88. The lowest BCUT2D eigenvalue weighted by Gasteiger charge is -2.32. The van der Waals surface area contributed by atoms with Crippen LogP contribution in [0.25, 0.3) is 11.0 Å². The van der Waals surface area contributed by atoms with Crippen molar-refractivity contribution in [3.63, 3.8) is 0 Å². The highest BCUT2D eigenvalue weighted by molar-refractivity contribution is 5.77.